The van der Waals surface area contributed by atoms with Crippen LogP contribution in [0, 0.1) is 0 Å². The summed E-state index contributed by atoms with van der Waals surface area (Å²) in [6, 6.07) is 0. The second-order valence-electron chi connectivity index (χ2n) is 0.448. The smallest absolute Gasteiger partial charge is 0.264 e. The quantitative estimate of drug-likeness (QED) is 0.657. The van der Waals surface area contributed by atoms with E-state index in [2.05, 4.69) is 0 Å². The Kier molecular flexibility index (Phi) is 42.4. The normalized spacial score (nSPS) is 6.44. The van der Waals surface area contributed by atoms with E-state index in [0.29, 0.717) is 0 Å². The fourth-order valence-electron chi connectivity index (χ4n) is 0. The van der Waals surface area contributed by atoms with Gasteiger partial charge < -0.3 is 0 Å². The molecule has 9 heteroatoms. The van der Waals surface area contributed by atoms with Gasteiger partial charge in [-0.05, 0) is 0 Å². The largest absolute Gasteiger partial charge is 0.394 e. The summed E-state index contributed by atoms with van der Waals surface area (Å²) in [5.41, 5.74) is 0. The lowest BCUT2D eigenvalue weighted by atomic mass is 15.8. The van der Waals surface area contributed by atoms with Gasteiger partial charge in [0.05, 0.1) is 0 Å². The number of hydrogen-bond donors (Lipinski definition) is 2. The van der Waals surface area contributed by atoms with Crippen molar-refractivity contribution in [3.05, 3.63) is 0 Å². The van der Waals surface area contributed by atoms with Gasteiger partial charge in [0.25, 0.3) is 0 Å². The van der Waals surface area contributed by atoms with Crippen molar-refractivity contribution in [1.29, 1.82) is 0 Å². The fraction of sp³-hybridized carbons (Fsp3) is 0. The van der Waals surface area contributed by atoms with Crippen molar-refractivity contribution in [1.82, 2.24) is 0 Å². The number of rotatable bonds is 0. The highest BCUT2D eigenvalue weighted by molar-refractivity contribution is 8.93. The van der Waals surface area contributed by atoms with Crippen molar-refractivity contribution < 1.29 is 17.5 Å². The minimum atomic E-state index is -4.67. The van der Waals surface area contributed by atoms with Gasteiger partial charge in [-0.15, -0.1) is 58.8 Å². The Labute approximate surface area is 86.3 Å². The Morgan fingerprint density at radius 1 is 0.889 bits per heavy atom. The zero-order valence-electron chi connectivity index (χ0n) is 3.75. The standard InChI is InChI=1S/2BrH.2ClH.H2O4S/c;;;;1-5(2,3)4/h4*1H;(H2,1,2,3,4). The molecule has 9 heavy (non-hydrogen) atoms. The highest BCUT2D eigenvalue weighted by atomic mass is 79.9. The predicted octanol–water partition coefficient (Wildman–Crippen LogP) is 1.35. The van der Waals surface area contributed by atoms with Gasteiger partial charge in [-0.1, -0.05) is 0 Å². The summed E-state index contributed by atoms with van der Waals surface area (Å²) < 4.78 is 31.6. The molecule has 0 aromatic rings. The van der Waals surface area contributed by atoms with Crippen LogP contribution in [-0.4, -0.2) is 17.5 Å². The SMILES string of the molecule is Br.Br.Cl.Cl.O=S(=O)(O)O. The fourth-order valence-corrected chi connectivity index (χ4v) is 0. The Bertz CT molecular complexity index is 99.7. The zero-order chi connectivity index (χ0) is 4.50. The summed E-state index contributed by atoms with van der Waals surface area (Å²) in [6.07, 6.45) is 0. The average molecular weight is 333 g/mol. The van der Waals surface area contributed by atoms with E-state index in [1.54, 1.807) is 0 Å². The molecule has 0 aliphatic rings. The van der Waals surface area contributed by atoms with Crippen LogP contribution in [0.2, 0.25) is 0 Å². The molecule has 2 N–H and O–H groups in total. The molecule has 0 saturated heterocycles. The summed E-state index contributed by atoms with van der Waals surface area (Å²) in [4.78, 5) is 0. The minimum absolute atomic E-state index is 0. The van der Waals surface area contributed by atoms with Crippen molar-refractivity contribution in [2.75, 3.05) is 0 Å². The van der Waals surface area contributed by atoms with Gasteiger partial charge in [-0.25, -0.2) is 0 Å². The maximum Gasteiger partial charge on any atom is 0.394 e. The van der Waals surface area contributed by atoms with Gasteiger partial charge in [-0.3, -0.25) is 9.11 Å². The molecule has 0 saturated carbocycles. The monoisotopic (exact) mass is 330 g/mol. The third kappa shape index (κ3) is 260. The molecule has 0 rings (SSSR count). The van der Waals surface area contributed by atoms with Gasteiger partial charge in [0.1, 0.15) is 0 Å². The highest BCUT2D eigenvalue weighted by Gasteiger charge is 1.84. The lowest BCUT2D eigenvalue weighted by Gasteiger charge is -1.68. The van der Waals surface area contributed by atoms with Crippen molar-refractivity contribution in [3.8, 4) is 0 Å². The van der Waals surface area contributed by atoms with Crippen LogP contribution in [0.4, 0.5) is 0 Å². The van der Waals surface area contributed by atoms with E-state index in [-0.39, 0.29) is 58.8 Å². The van der Waals surface area contributed by atoms with Crippen molar-refractivity contribution in [2.24, 2.45) is 0 Å². The van der Waals surface area contributed by atoms with Gasteiger partial charge >= 0.3 is 10.4 Å². The molecular weight excluding hydrogens is 327 g/mol. The van der Waals surface area contributed by atoms with Crippen LogP contribution in [0.25, 0.3) is 0 Å². The molecule has 0 aromatic heterocycles. The molecule has 0 radical (unpaired) electrons. The molecular formula is H6Br2Cl2O4S. The van der Waals surface area contributed by atoms with Gasteiger partial charge in [0.2, 0.25) is 0 Å². The molecule has 64 valence electrons. The Hall–Kier alpha value is 1.41. The predicted molar refractivity (Wildman–Crippen MR) is 49.3 cm³/mol. The van der Waals surface area contributed by atoms with Gasteiger partial charge in [-0.2, -0.15) is 8.42 Å². The molecule has 0 amide bonds. The summed E-state index contributed by atoms with van der Waals surface area (Å²) in [6.45, 7) is 0. The third-order valence-electron chi connectivity index (χ3n) is 0. The molecule has 0 heterocycles. The van der Waals surface area contributed by atoms with Crippen LogP contribution in [-0.2, 0) is 10.4 Å². The molecule has 0 atom stereocenters. The van der Waals surface area contributed by atoms with Crippen LogP contribution in [0.3, 0.4) is 0 Å². The van der Waals surface area contributed by atoms with E-state index in [1.807, 2.05) is 0 Å². The van der Waals surface area contributed by atoms with Gasteiger partial charge in [0.15, 0.2) is 0 Å². The Balaban J connectivity index is -0.0000000133. The van der Waals surface area contributed by atoms with Crippen LogP contribution >= 0.6 is 58.8 Å². The first-order chi connectivity index (χ1) is 2.00. The van der Waals surface area contributed by atoms with Gasteiger partial charge in [0, 0.05) is 0 Å². The maximum atomic E-state index is 8.74. The number of hydrogen-bond acceptors (Lipinski definition) is 2. The Morgan fingerprint density at radius 2 is 0.889 bits per heavy atom. The first-order valence-corrected chi connectivity index (χ1v) is 2.10. The Morgan fingerprint density at radius 3 is 0.889 bits per heavy atom. The van der Waals surface area contributed by atoms with Crippen molar-refractivity contribution in [3.63, 3.8) is 0 Å². The number of halogens is 4. The van der Waals surface area contributed by atoms with E-state index in [1.165, 1.54) is 0 Å². The van der Waals surface area contributed by atoms with Crippen molar-refractivity contribution >= 4 is 69.2 Å². The van der Waals surface area contributed by atoms with E-state index in [4.69, 9.17) is 17.5 Å². The van der Waals surface area contributed by atoms with Crippen LogP contribution in [0.1, 0.15) is 0 Å². The molecule has 0 fully saturated rings. The third-order valence-corrected chi connectivity index (χ3v) is 0. The van der Waals surface area contributed by atoms with E-state index in [0.717, 1.165) is 0 Å². The zero-order valence-corrected chi connectivity index (χ0v) is 9.63. The highest BCUT2D eigenvalue weighted by Crippen LogP contribution is 1.59. The van der Waals surface area contributed by atoms with E-state index < -0.39 is 10.4 Å². The molecule has 0 spiro atoms. The summed E-state index contributed by atoms with van der Waals surface area (Å²) in [5, 5.41) is 0. The first kappa shape index (κ1) is 31.5. The second-order valence-corrected chi connectivity index (χ2v) is 1.34. The molecule has 0 aliphatic carbocycles. The molecule has 0 unspecified atom stereocenters. The molecule has 0 aliphatic heterocycles. The summed E-state index contributed by atoms with van der Waals surface area (Å²) in [5.74, 6) is 0. The van der Waals surface area contributed by atoms with E-state index >= 15 is 0 Å². The molecule has 0 aromatic carbocycles. The molecule has 0 bridgehead atoms. The second kappa shape index (κ2) is 12.1. The topological polar surface area (TPSA) is 74.6 Å². The maximum absolute atomic E-state index is 8.74. The van der Waals surface area contributed by atoms with Crippen LogP contribution in [0.15, 0.2) is 0 Å². The first-order valence-electron chi connectivity index (χ1n) is 0.698. The lowest BCUT2D eigenvalue weighted by molar-refractivity contribution is 0.381. The minimum Gasteiger partial charge on any atom is -0.264 e. The average Bonchev–Trinajstić information content (AvgIpc) is 0.722. The summed E-state index contributed by atoms with van der Waals surface area (Å²) in [7, 11) is -4.67. The lowest BCUT2D eigenvalue weighted by Crippen LogP contribution is -1.89. The van der Waals surface area contributed by atoms with E-state index in [9.17, 15) is 0 Å². The molecule has 4 nitrogen and oxygen atoms in total. The van der Waals surface area contributed by atoms with Crippen LogP contribution in [0.5, 0.6) is 0 Å². The van der Waals surface area contributed by atoms with Crippen molar-refractivity contribution in [2.45, 2.75) is 0 Å². The van der Waals surface area contributed by atoms with Crippen LogP contribution < -0.4 is 0 Å². The summed E-state index contributed by atoms with van der Waals surface area (Å²) >= 11 is 0.